The number of fused-ring (bicyclic) bond motifs is 1. The summed E-state index contributed by atoms with van der Waals surface area (Å²) >= 11 is 7.36. The minimum Gasteiger partial charge on any atom is -0.497 e. The minimum atomic E-state index is 0.213. The Bertz CT molecular complexity index is 857. The second-order valence-electron chi connectivity index (χ2n) is 5.23. The van der Waals surface area contributed by atoms with E-state index in [1.165, 1.54) is 15.3 Å². The predicted octanol–water partition coefficient (Wildman–Crippen LogP) is 5.00. The van der Waals surface area contributed by atoms with E-state index < -0.39 is 0 Å². The number of imidazole rings is 1. The molecule has 0 saturated heterocycles. The standard InChI is InChI=1S/C16H18N2OS2/c1-9-7-13(11(3)21-9)10(2)18-15-6-5-12(19-4)8-14(15)17-16(18)20/h5-8,10H,1-4H3,(H,17,20). The molecule has 0 spiro atoms. The fraction of sp³-hybridized carbons (Fsp3) is 0.312. The van der Waals surface area contributed by atoms with Crippen LogP contribution < -0.4 is 4.74 Å². The minimum absolute atomic E-state index is 0.213. The maximum absolute atomic E-state index is 5.53. The number of aromatic nitrogens is 2. The molecule has 1 aromatic carbocycles. The molecule has 0 aliphatic heterocycles. The quantitative estimate of drug-likeness (QED) is 0.689. The molecule has 2 heterocycles. The normalized spacial score (nSPS) is 12.8. The number of H-pyrrole nitrogens is 1. The van der Waals surface area contributed by atoms with Crippen LogP contribution in [0, 0.1) is 18.6 Å². The summed E-state index contributed by atoms with van der Waals surface area (Å²) < 4.78 is 8.20. The molecule has 1 N–H and O–H groups in total. The summed E-state index contributed by atoms with van der Waals surface area (Å²) in [5, 5.41) is 0. The number of methoxy groups -OCH3 is 1. The lowest BCUT2D eigenvalue weighted by molar-refractivity contribution is 0.415. The number of hydrogen-bond acceptors (Lipinski definition) is 3. The molecule has 0 saturated carbocycles. The Morgan fingerprint density at radius 1 is 1.29 bits per heavy atom. The number of ether oxygens (including phenoxy) is 1. The van der Waals surface area contributed by atoms with Gasteiger partial charge in [0.2, 0.25) is 0 Å². The Labute approximate surface area is 133 Å². The first kappa shape index (κ1) is 14.4. The molecule has 2 aromatic heterocycles. The maximum Gasteiger partial charge on any atom is 0.178 e. The van der Waals surface area contributed by atoms with Crippen LogP contribution >= 0.6 is 23.6 Å². The number of benzene rings is 1. The molecule has 110 valence electrons. The van der Waals surface area contributed by atoms with E-state index in [1.807, 2.05) is 23.5 Å². The molecule has 0 amide bonds. The van der Waals surface area contributed by atoms with Crippen molar-refractivity contribution in [3.8, 4) is 5.75 Å². The zero-order chi connectivity index (χ0) is 15.1. The molecule has 0 aliphatic carbocycles. The van der Waals surface area contributed by atoms with E-state index >= 15 is 0 Å². The van der Waals surface area contributed by atoms with Crippen molar-refractivity contribution in [2.45, 2.75) is 26.8 Å². The van der Waals surface area contributed by atoms with Crippen LogP contribution in [0.5, 0.6) is 5.75 Å². The first-order valence-electron chi connectivity index (χ1n) is 6.86. The highest BCUT2D eigenvalue weighted by molar-refractivity contribution is 7.71. The number of thiophene rings is 1. The third-order valence-corrected chi connectivity index (χ3v) is 5.12. The molecule has 0 aliphatic rings. The van der Waals surface area contributed by atoms with E-state index in [-0.39, 0.29) is 6.04 Å². The molecule has 21 heavy (non-hydrogen) atoms. The Kier molecular flexibility index (Phi) is 3.63. The van der Waals surface area contributed by atoms with Gasteiger partial charge in [-0.2, -0.15) is 0 Å². The van der Waals surface area contributed by atoms with E-state index in [2.05, 4.69) is 42.5 Å². The van der Waals surface area contributed by atoms with Crippen LogP contribution in [0.1, 0.15) is 28.3 Å². The first-order chi connectivity index (χ1) is 10.0. The van der Waals surface area contributed by atoms with E-state index in [4.69, 9.17) is 17.0 Å². The van der Waals surface area contributed by atoms with Crippen LogP contribution in [0.15, 0.2) is 24.3 Å². The zero-order valence-corrected chi connectivity index (χ0v) is 14.2. The monoisotopic (exact) mass is 318 g/mol. The maximum atomic E-state index is 5.53. The molecule has 0 fully saturated rings. The van der Waals surface area contributed by atoms with Crippen molar-refractivity contribution in [3.05, 3.63) is 44.4 Å². The highest BCUT2D eigenvalue weighted by Crippen LogP contribution is 2.32. The first-order valence-corrected chi connectivity index (χ1v) is 8.09. The summed E-state index contributed by atoms with van der Waals surface area (Å²) in [6, 6.07) is 8.49. The van der Waals surface area contributed by atoms with Gasteiger partial charge in [0, 0.05) is 15.8 Å². The Morgan fingerprint density at radius 2 is 2.05 bits per heavy atom. The van der Waals surface area contributed by atoms with Crippen molar-refractivity contribution in [2.24, 2.45) is 0 Å². The summed E-state index contributed by atoms with van der Waals surface area (Å²) in [5.41, 5.74) is 3.46. The van der Waals surface area contributed by atoms with Crippen molar-refractivity contribution < 1.29 is 4.74 Å². The summed E-state index contributed by atoms with van der Waals surface area (Å²) in [5.74, 6) is 0.834. The fourth-order valence-corrected chi connectivity index (χ4v) is 4.21. The van der Waals surface area contributed by atoms with E-state index in [0.29, 0.717) is 0 Å². The van der Waals surface area contributed by atoms with E-state index in [0.717, 1.165) is 21.6 Å². The van der Waals surface area contributed by atoms with Crippen LogP contribution in [-0.4, -0.2) is 16.7 Å². The predicted molar refractivity (Wildman–Crippen MR) is 91.3 cm³/mol. The van der Waals surface area contributed by atoms with Crippen LogP contribution in [0.4, 0.5) is 0 Å². The highest BCUT2D eigenvalue weighted by Gasteiger charge is 2.17. The zero-order valence-electron chi connectivity index (χ0n) is 12.6. The average molecular weight is 318 g/mol. The molecule has 0 bridgehead atoms. The van der Waals surface area contributed by atoms with Gasteiger partial charge in [0.25, 0.3) is 0 Å². The second-order valence-corrected chi connectivity index (χ2v) is 7.07. The van der Waals surface area contributed by atoms with Crippen LogP contribution in [0.3, 0.4) is 0 Å². The molecule has 0 radical (unpaired) electrons. The lowest BCUT2D eigenvalue weighted by Gasteiger charge is -2.15. The van der Waals surface area contributed by atoms with Gasteiger partial charge in [-0.3, -0.25) is 0 Å². The smallest absolute Gasteiger partial charge is 0.178 e. The van der Waals surface area contributed by atoms with Gasteiger partial charge in [-0.15, -0.1) is 11.3 Å². The van der Waals surface area contributed by atoms with Crippen molar-refractivity contribution in [1.29, 1.82) is 0 Å². The van der Waals surface area contributed by atoms with Crippen molar-refractivity contribution in [3.63, 3.8) is 0 Å². The fourth-order valence-electron chi connectivity index (χ4n) is 2.83. The average Bonchev–Trinajstić information content (AvgIpc) is 2.95. The molecule has 1 atom stereocenters. The summed E-state index contributed by atoms with van der Waals surface area (Å²) in [6.07, 6.45) is 0. The number of aryl methyl sites for hydroxylation is 2. The van der Waals surface area contributed by atoms with E-state index in [9.17, 15) is 0 Å². The SMILES string of the molecule is COc1ccc2c(c1)[nH]c(=S)n2C(C)c1cc(C)sc1C. The number of aromatic amines is 1. The molecule has 5 heteroatoms. The Hall–Kier alpha value is -1.59. The van der Waals surface area contributed by atoms with Crippen LogP contribution in [-0.2, 0) is 0 Å². The summed E-state index contributed by atoms with van der Waals surface area (Å²) in [4.78, 5) is 5.97. The van der Waals surface area contributed by atoms with Gasteiger partial charge in [-0.1, -0.05) is 0 Å². The lowest BCUT2D eigenvalue weighted by atomic mass is 10.1. The third-order valence-electron chi connectivity index (χ3n) is 3.84. The molecule has 3 rings (SSSR count). The largest absolute Gasteiger partial charge is 0.497 e. The van der Waals surface area contributed by atoms with Gasteiger partial charge in [-0.05, 0) is 56.8 Å². The molecular weight excluding hydrogens is 300 g/mol. The van der Waals surface area contributed by atoms with Crippen molar-refractivity contribution in [1.82, 2.24) is 9.55 Å². The van der Waals surface area contributed by atoms with Crippen molar-refractivity contribution >= 4 is 34.6 Å². The number of hydrogen-bond donors (Lipinski definition) is 1. The highest BCUT2D eigenvalue weighted by atomic mass is 32.1. The summed E-state index contributed by atoms with van der Waals surface area (Å²) in [6.45, 7) is 6.51. The topological polar surface area (TPSA) is 29.9 Å². The molecule has 1 unspecified atom stereocenters. The van der Waals surface area contributed by atoms with Gasteiger partial charge >= 0.3 is 0 Å². The molecular formula is C16H18N2OS2. The van der Waals surface area contributed by atoms with Gasteiger partial charge in [0.05, 0.1) is 24.2 Å². The van der Waals surface area contributed by atoms with Gasteiger partial charge < -0.3 is 14.3 Å². The Morgan fingerprint density at radius 3 is 2.67 bits per heavy atom. The number of nitrogens with one attached hydrogen (secondary N) is 1. The Balaban J connectivity index is 2.18. The van der Waals surface area contributed by atoms with E-state index in [1.54, 1.807) is 7.11 Å². The number of nitrogens with zero attached hydrogens (tertiary/aromatic N) is 1. The van der Waals surface area contributed by atoms with Crippen LogP contribution in [0.2, 0.25) is 0 Å². The van der Waals surface area contributed by atoms with Crippen molar-refractivity contribution in [2.75, 3.05) is 7.11 Å². The van der Waals surface area contributed by atoms with Crippen LogP contribution in [0.25, 0.3) is 11.0 Å². The number of rotatable bonds is 3. The second kappa shape index (κ2) is 5.31. The van der Waals surface area contributed by atoms with Gasteiger partial charge in [0.15, 0.2) is 4.77 Å². The molecule has 3 aromatic rings. The summed E-state index contributed by atoms with van der Waals surface area (Å²) in [7, 11) is 1.67. The third kappa shape index (κ3) is 2.40. The lowest BCUT2D eigenvalue weighted by Crippen LogP contribution is -2.06. The molecule has 3 nitrogen and oxygen atoms in total. The van der Waals surface area contributed by atoms with Gasteiger partial charge in [0.1, 0.15) is 5.75 Å². The van der Waals surface area contributed by atoms with Gasteiger partial charge in [-0.25, -0.2) is 0 Å².